The molecule has 0 spiro atoms. The molecule has 0 bridgehead atoms. The minimum Gasteiger partial charge on any atom is -0.459 e. The van der Waals surface area contributed by atoms with Gasteiger partial charge in [-0.25, -0.2) is 4.79 Å². The minimum atomic E-state index is -0.219. The molecule has 0 radical (unpaired) electrons. The van der Waals surface area contributed by atoms with E-state index in [1.54, 1.807) is 6.08 Å². The number of allylic oxidation sites excluding steroid dienone is 2. The number of nitrogens with zero attached hydrogens (tertiary/aromatic N) is 1. The first kappa shape index (κ1) is 17.3. The molecule has 1 fully saturated rings. The lowest BCUT2D eigenvalue weighted by Gasteiger charge is -2.26. The number of benzene rings is 1. The molecule has 1 aromatic rings. The van der Waals surface area contributed by atoms with Gasteiger partial charge in [0.05, 0.1) is 11.6 Å². The molecule has 2 rings (SSSR count). The van der Waals surface area contributed by atoms with Crippen LogP contribution in [0.3, 0.4) is 0 Å². The number of rotatable bonds is 6. The third-order valence-electron chi connectivity index (χ3n) is 4.44. The Kier molecular flexibility index (Phi) is 6.87. The van der Waals surface area contributed by atoms with Crippen molar-refractivity contribution >= 4 is 5.97 Å². The molecular formula is C20H25NO2. The van der Waals surface area contributed by atoms with Crippen molar-refractivity contribution < 1.29 is 9.53 Å². The zero-order valence-corrected chi connectivity index (χ0v) is 13.8. The van der Waals surface area contributed by atoms with Crippen molar-refractivity contribution in [1.29, 1.82) is 5.26 Å². The maximum Gasteiger partial charge on any atom is 0.338 e. The zero-order valence-electron chi connectivity index (χ0n) is 13.8. The third kappa shape index (κ3) is 5.56. The quantitative estimate of drug-likeness (QED) is 0.559. The Hall–Kier alpha value is -2.08. The van der Waals surface area contributed by atoms with Gasteiger partial charge >= 0.3 is 5.97 Å². The Bertz CT molecular complexity index is 560. The third-order valence-corrected chi connectivity index (χ3v) is 4.44. The van der Waals surface area contributed by atoms with E-state index in [-0.39, 0.29) is 12.1 Å². The average Bonchev–Trinajstić information content (AvgIpc) is 2.59. The molecule has 0 N–H and O–H groups in total. The van der Waals surface area contributed by atoms with Crippen LogP contribution in [0.4, 0.5) is 0 Å². The molecule has 1 saturated carbocycles. The van der Waals surface area contributed by atoms with E-state index in [1.807, 2.05) is 36.4 Å². The Morgan fingerprint density at radius 1 is 1.26 bits per heavy atom. The monoisotopic (exact) mass is 311 g/mol. The molecule has 3 heteroatoms. The molecule has 3 nitrogen and oxygen atoms in total. The molecule has 0 aromatic heterocycles. The van der Waals surface area contributed by atoms with Crippen molar-refractivity contribution in [3.8, 4) is 6.07 Å². The second kappa shape index (κ2) is 9.15. The molecule has 0 aliphatic heterocycles. The van der Waals surface area contributed by atoms with Crippen LogP contribution in [0.5, 0.6) is 0 Å². The van der Waals surface area contributed by atoms with Crippen LogP contribution in [0.2, 0.25) is 0 Å². The summed E-state index contributed by atoms with van der Waals surface area (Å²) in [6.45, 7) is 2.18. The summed E-state index contributed by atoms with van der Waals surface area (Å²) in [6.07, 6.45) is 10.6. The fourth-order valence-corrected chi connectivity index (χ4v) is 2.99. The molecule has 1 aliphatic rings. The second-order valence-corrected chi connectivity index (χ2v) is 6.23. The molecule has 0 unspecified atom stereocenters. The van der Waals surface area contributed by atoms with Crippen molar-refractivity contribution in [3.05, 3.63) is 47.5 Å². The molecular weight excluding hydrogens is 286 g/mol. The number of carbonyl (C=O) groups excluding carboxylic acids is 1. The van der Waals surface area contributed by atoms with Crippen LogP contribution < -0.4 is 0 Å². The van der Waals surface area contributed by atoms with Gasteiger partial charge in [0, 0.05) is 6.08 Å². The van der Waals surface area contributed by atoms with Crippen LogP contribution in [0.25, 0.3) is 0 Å². The first-order chi connectivity index (χ1) is 11.2. The van der Waals surface area contributed by atoms with Gasteiger partial charge in [-0.1, -0.05) is 31.6 Å². The number of unbranched alkanes of at least 4 members (excludes halogenated alkanes) is 1. The van der Waals surface area contributed by atoms with Gasteiger partial charge in [0.2, 0.25) is 0 Å². The molecule has 0 heterocycles. The van der Waals surface area contributed by atoms with E-state index >= 15 is 0 Å². The highest BCUT2D eigenvalue weighted by atomic mass is 16.5. The van der Waals surface area contributed by atoms with Gasteiger partial charge in [-0.15, -0.1) is 0 Å². The lowest BCUT2D eigenvalue weighted by Crippen LogP contribution is -2.24. The second-order valence-electron chi connectivity index (χ2n) is 6.23. The fourth-order valence-electron chi connectivity index (χ4n) is 2.99. The zero-order chi connectivity index (χ0) is 16.5. The predicted molar refractivity (Wildman–Crippen MR) is 91.0 cm³/mol. The average molecular weight is 311 g/mol. The Labute approximate surface area is 139 Å². The maximum atomic E-state index is 12.2. The van der Waals surface area contributed by atoms with Gasteiger partial charge in [0.25, 0.3) is 0 Å². The topological polar surface area (TPSA) is 50.1 Å². The maximum absolute atomic E-state index is 12.2. The van der Waals surface area contributed by atoms with Gasteiger partial charge in [-0.2, -0.15) is 5.26 Å². The minimum absolute atomic E-state index is 0.00834. The summed E-state index contributed by atoms with van der Waals surface area (Å²) in [5.41, 5.74) is 1.91. The largest absolute Gasteiger partial charge is 0.459 e. The number of nitriles is 1. The fraction of sp³-hybridized carbons (Fsp3) is 0.500. The highest BCUT2D eigenvalue weighted by Crippen LogP contribution is 2.27. The summed E-state index contributed by atoms with van der Waals surface area (Å²) >= 11 is 0. The number of hydrogen-bond donors (Lipinski definition) is 0. The van der Waals surface area contributed by atoms with E-state index < -0.39 is 0 Å². The number of hydrogen-bond acceptors (Lipinski definition) is 3. The van der Waals surface area contributed by atoms with Crippen molar-refractivity contribution in [1.82, 2.24) is 0 Å². The van der Waals surface area contributed by atoms with Gasteiger partial charge in [-0.05, 0) is 62.1 Å². The van der Waals surface area contributed by atoms with Crippen LogP contribution in [0, 0.1) is 17.2 Å². The number of aryl methyl sites for hydroxylation is 1. The SMILES string of the molecule is CCCCc1ccc(C(=O)OC2CCC(/C=C/C#N)CC2)cc1. The molecule has 0 amide bonds. The smallest absolute Gasteiger partial charge is 0.338 e. The summed E-state index contributed by atoms with van der Waals surface area (Å²) in [4.78, 5) is 12.2. The number of ether oxygens (including phenoxy) is 1. The van der Waals surface area contributed by atoms with Gasteiger partial charge in [0.1, 0.15) is 6.10 Å². The summed E-state index contributed by atoms with van der Waals surface area (Å²) in [5, 5.41) is 8.55. The standard InChI is InChI=1S/C20H25NO2/c1-2-3-5-16-7-11-18(12-8-16)20(22)23-19-13-9-17(10-14-19)6-4-15-21/h4,6-8,11-12,17,19H,2-3,5,9-10,13-14H2,1H3/b6-4+. The number of carbonyl (C=O) groups is 1. The summed E-state index contributed by atoms with van der Waals surface area (Å²) < 4.78 is 5.62. The molecule has 122 valence electrons. The first-order valence-corrected chi connectivity index (χ1v) is 8.59. The normalized spacial score (nSPS) is 21.0. The van der Waals surface area contributed by atoms with E-state index in [1.165, 1.54) is 18.4 Å². The van der Waals surface area contributed by atoms with E-state index in [9.17, 15) is 4.79 Å². The molecule has 0 saturated heterocycles. The van der Waals surface area contributed by atoms with E-state index in [4.69, 9.17) is 10.00 Å². The molecule has 23 heavy (non-hydrogen) atoms. The van der Waals surface area contributed by atoms with Gasteiger partial charge in [0.15, 0.2) is 0 Å². The van der Waals surface area contributed by atoms with Gasteiger partial charge < -0.3 is 4.74 Å². The van der Waals surface area contributed by atoms with E-state index in [0.717, 1.165) is 32.1 Å². The van der Waals surface area contributed by atoms with Crippen LogP contribution in [0.1, 0.15) is 61.4 Å². The van der Waals surface area contributed by atoms with Crippen LogP contribution in [-0.4, -0.2) is 12.1 Å². The molecule has 1 aliphatic carbocycles. The lowest BCUT2D eigenvalue weighted by molar-refractivity contribution is 0.0185. The van der Waals surface area contributed by atoms with Crippen molar-refractivity contribution in [2.24, 2.45) is 5.92 Å². The van der Waals surface area contributed by atoms with Gasteiger partial charge in [-0.3, -0.25) is 0 Å². The van der Waals surface area contributed by atoms with E-state index in [2.05, 4.69) is 6.92 Å². The van der Waals surface area contributed by atoms with Crippen molar-refractivity contribution in [2.75, 3.05) is 0 Å². The summed E-state index contributed by atoms with van der Waals surface area (Å²) in [5.74, 6) is 0.227. The van der Waals surface area contributed by atoms with Crippen LogP contribution >= 0.6 is 0 Å². The Balaban J connectivity index is 1.81. The Morgan fingerprint density at radius 2 is 1.96 bits per heavy atom. The van der Waals surface area contributed by atoms with Crippen molar-refractivity contribution in [2.45, 2.75) is 58.0 Å². The van der Waals surface area contributed by atoms with E-state index in [0.29, 0.717) is 11.5 Å². The summed E-state index contributed by atoms with van der Waals surface area (Å²) in [6, 6.07) is 9.82. The molecule has 0 atom stereocenters. The van der Waals surface area contributed by atoms with Crippen LogP contribution in [0.15, 0.2) is 36.4 Å². The predicted octanol–water partition coefficient (Wildman–Crippen LogP) is 4.82. The molecule has 1 aromatic carbocycles. The van der Waals surface area contributed by atoms with Crippen LogP contribution in [-0.2, 0) is 11.2 Å². The first-order valence-electron chi connectivity index (χ1n) is 8.59. The number of esters is 1. The lowest BCUT2D eigenvalue weighted by atomic mass is 9.87. The van der Waals surface area contributed by atoms with Crippen molar-refractivity contribution in [3.63, 3.8) is 0 Å². The summed E-state index contributed by atoms with van der Waals surface area (Å²) in [7, 11) is 0. The Morgan fingerprint density at radius 3 is 2.57 bits per heavy atom. The highest BCUT2D eigenvalue weighted by Gasteiger charge is 2.23. The highest BCUT2D eigenvalue weighted by molar-refractivity contribution is 5.89.